The fourth-order valence-corrected chi connectivity index (χ4v) is 2.26. The van der Waals surface area contributed by atoms with Gasteiger partial charge in [-0.1, -0.05) is 57.6 Å². The minimum Gasteiger partial charge on any atom is -0.481 e. The van der Waals surface area contributed by atoms with Crippen molar-refractivity contribution < 1.29 is 14.3 Å². The largest absolute Gasteiger partial charge is 0.481 e. The molecule has 1 aromatic rings. The van der Waals surface area contributed by atoms with Crippen LogP contribution in [0.15, 0.2) is 24.3 Å². The normalized spacial score (nSPS) is 12.3. The van der Waals surface area contributed by atoms with Crippen molar-refractivity contribution in [2.45, 2.75) is 57.8 Å². The van der Waals surface area contributed by atoms with Gasteiger partial charge in [0, 0.05) is 0 Å². The predicted octanol–water partition coefficient (Wildman–Crippen LogP) is 4.74. The Balaban J connectivity index is 2.41. The lowest BCUT2D eigenvalue weighted by Gasteiger charge is -2.12. The molecule has 2 nitrogen and oxygen atoms in total. The Hall–Kier alpha value is -1.38. The standard InChI is InChI=1S/C16H23FO2/c1-2-3-4-5-6-7-8-15(16(18)19)13-9-11-14(17)12-10-13/h9-12,15H,2-8H2,1H3,(H,18,19). The van der Waals surface area contributed by atoms with E-state index in [0.717, 1.165) is 12.8 Å². The first-order chi connectivity index (χ1) is 9.15. The molecule has 0 heterocycles. The second-order valence-electron chi connectivity index (χ2n) is 5.00. The van der Waals surface area contributed by atoms with Crippen LogP contribution in [-0.2, 0) is 4.79 Å². The van der Waals surface area contributed by atoms with Crippen molar-refractivity contribution in [3.05, 3.63) is 35.6 Å². The summed E-state index contributed by atoms with van der Waals surface area (Å²) >= 11 is 0. The molecule has 3 heteroatoms. The van der Waals surface area contributed by atoms with Crippen molar-refractivity contribution in [1.82, 2.24) is 0 Å². The lowest BCUT2D eigenvalue weighted by atomic mass is 9.93. The number of hydrogen-bond acceptors (Lipinski definition) is 1. The molecule has 0 aromatic heterocycles. The maximum absolute atomic E-state index is 12.8. The van der Waals surface area contributed by atoms with Crippen LogP contribution >= 0.6 is 0 Å². The summed E-state index contributed by atoms with van der Waals surface area (Å²) in [5.74, 6) is -1.65. The van der Waals surface area contributed by atoms with Gasteiger partial charge in [0.25, 0.3) is 0 Å². The summed E-state index contributed by atoms with van der Waals surface area (Å²) in [4.78, 5) is 11.3. The molecule has 1 aromatic carbocycles. The number of carbonyl (C=O) groups is 1. The molecule has 0 spiro atoms. The molecule has 1 rings (SSSR count). The average Bonchev–Trinajstić information content (AvgIpc) is 2.39. The van der Waals surface area contributed by atoms with Crippen LogP contribution in [0.3, 0.4) is 0 Å². The number of unbranched alkanes of at least 4 members (excludes halogenated alkanes) is 5. The third-order valence-corrected chi connectivity index (χ3v) is 3.42. The van der Waals surface area contributed by atoms with Crippen molar-refractivity contribution in [2.24, 2.45) is 0 Å². The highest BCUT2D eigenvalue weighted by molar-refractivity contribution is 5.75. The molecular formula is C16H23FO2. The molecule has 1 atom stereocenters. The SMILES string of the molecule is CCCCCCCCC(C(=O)O)c1ccc(F)cc1. The third kappa shape index (κ3) is 5.86. The topological polar surface area (TPSA) is 37.3 Å². The van der Waals surface area contributed by atoms with Gasteiger partial charge in [0.05, 0.1) is 5.92 Å². The lowest BCUT2D eigenvalue weighted by Crippen LogP contribution is -2.11. The molecule has 1 unspecified atom stereocenters. The molecule has 0 saturated heterocycles. The highest BCUT2D eigenvalue weighted by atomic mass is 19.1. The average molecular weight is 266 g/mol. The fraction of sp³-hybridized carbons (Fsp3) is 0.562. The van der Waals surface area contributed by atoms with Crippen molar-refractivity contribution >= 4 is 5.97 Å². The summed E-state index contributed by atoms with van der Waals surface area (Å²) in [6.07, 6.45) is 7.48. The molecule has 0 aliphatic rings. The first kappa shape index (κ1) is 15.7. The van der Waals surface area contributed by atoms with Gasteiger partial charge in [-0.3, -0.25) is 4.79 Å². The van der Waals surface area contributed by atoms with E-state index in [0.29, 0.717) is 12.0 Å². The summed E-state index contributed by atoms with van der Waals surface area (Å²) in [7, 11) is 0. The Kier molecular flexibility index (Phi) is 7.16. The van der Waals surface area contributed by atoms with Gasteiger partial charge in [-0.15, -0.1) is 0 Å². The molecule has 0 bridgehead atoms. The molecule has 1 N–H and O–H groups in total. The highest BCUT2D eigenvalue weighted by Crippen LogP contribution is 2.23. The first-order valence-electron chi connectivity index (χ1n) is 7.13. The number of carboxylic acids is 1. The number of halogens is 1. The maximum Gasteiger partial charge on any atom is 0.310 e. The number of aliphatic carboxylic acids is 1. The van der Waals surface area contributed by atoms with E-state index < -0.39 is 11.9 Å². The van der Waals surface area contributed by atoms with Crippen molar-refractivity contribution in [3.63, 3.8) is 0 Å². The van der Waals surface area contributed by atoms with Crippen LogP contribution in [0.2, 0.25) is 0 Å². The quantitative estimate of drug-likeness (QED) is 0.655. The molecule has 0 radical (unpaired) electrons. The maximum atomic E-state index is 12.8. The van der Waals surface area contributed by atoms with Crippen molar-refractivity contribution in [2.75, 3.05) is 0 Å². The van der Waals surface area contributed by atoms with Crippen molar-refractivity contribution in [3.8, 4) is 0 Å². The van der Waals surface area contributed by atoms with E-state index in [1.165, 1.54) is 37.8 Å². The molecular weight excluding hydrogens is 243 g/mol. The summed E-state index contributed by atoms with van der Waals surface area (Å²) in [6, 6.07) is 5.80. The van der Waals surface area contributed by atoms with Gasteiger partial charge in [0.15, 0.2) is 0 Å². The summed E-state index contributed by atoms with van der Waals surface area (Å²) in [5, 5.41) is 9.24. The minimum absolute atomic E-state index is 0.326. The van der Waals surface area contributed by atoms with Crippen LogP contribution in [-0.4, -0.2) is 11.1 Å². The van der Waals surface area contributed by atoms with E-state index in [4.69, 9.17) is 0 Å². The highest BCUT2D eigenvalue weighted by Gasteiger charge is 2.19. The number of hydrogen-bond donors (Lipinski definition) is 1. The molecule has 106 valence electrons. The van der Waals surface area contributed by atoms with Crippen LogP contribution in [0.1, 0.15) is 63.4 Å². The molecule has 0 saturated carbocycles. The van der Waals surface area contributed by atoms with E-state index in [1.54, 1.807) is 12.1 Å². The van der Waals surface area contributed by atoms with Crippen LogP contribution in [0.4, 0.5) is 4.39 Å². The Bertz CT molecular complexity index is 373. The van der Waals surface area contributed by atoms with Crippen LogP contribution in [0, 0.1) is 5.82 Å². The van der Waals surface area contributed by atoms with E-state index in [9.17, 15) is 14.3 Å². The monoisotopic (exact) mass is 266 g/mol. The van der Waals surface area contributed by atoms with Gasteiger partial charge in [-0.25, -0.2) is 4.39 Å². The Labute approximate surface area is 114 Å². The fourth-order valence-electron chi connectivity index (χ4n) is 2.26. The third-order valence-electron chi connectivity index (χ3n) is 3.42. The summed E-state index contributed by atoms with van der Waals surface area (Å²) in [5.41, 5.74) is 0.697. The first-order valence-corrected chi connectivity index (χ1v) is 7.13. The zero-order valence-electron chi connectivity index (χ0n) is 11.6. The zero-order chi connectivity index (χ0) is 14.1. The van der Waals surface area contributed by atoms with Gasteiger partial charge in [0.2, 0.25) is 0 Å². The number of rotatable bonds is 9. The Morgan fingerprint density at radius 1 is 1.11 bits per heavy atom. The zero-order valence-corrected chi connectivity index (χ0v) is 11.6. The molecule has 0 aliphatic heterocycles. The van der Waals surface area contributed by atoms with Crippen LogP contribution in [0.25, 0.3) is 0 Å². The lowest BCUT2D eigenvalue weighted by molar-refractivity contribution is -0.139. The second-order valence-corrected chi connectivity index (χ2v) is 5.00. The van der Waals surface area contributed by atoms with Gasteiger partial charge < -0.3 is 5.11 Å². The summed E-state index contributed by atoms with van der Waals surface area (Å²) < 4.78 is 12.8. The number of carboxylic acid groups (broad SMARTS) is 1. The van der Waals surface area contributed by atoms with E-state index in [1.807, 2.05) is 0 Å². The molecule has 0 amide bonds. The predicted molar refractivity (Wildman–Crippen MR) is 74.8 cm³/mol. The molecule has 19 heavy (non-hydrogen) atoms. The molecule has 0 aliphatic carbocycles. The van der Waals surface area contributed by atoms with Crippen molar-refractivity contribution in [1.29, 1.82) is 0 Å². The smallest absolute Gasteiger partial charge is 0.310 e. The Morgan fingerprint density at radius 3 is 2.26 bits per heavy atom. The Morgan fingerprint density at radius 2 is 1.68 bits per heavy atom. The minimum atomic E-state index is -0.819. The van der Waals surface area contributed by atoms with E-state index in [2.05, 4.69) is 6.92 Å². The van der Waals surface area contributed by atoms with E-state index in [-0.39, 0.29) is 5.82 Å². The van der Waals surface area contributed by atoms with Crippen LogP contribution < -0.4 is 0 Å². The second kappa shape index (κ2) is 8.68. The van der Waals surface area contributed by atoms with Gasteiger partial charge in [0.1, 0.15) is 5.82 Å². The van der Waals surface area contributed by atoms with E-state index >= 15 is 0 Å². The summed E-state index contributed by atoms with van der Waals surface area (Å²) in [6.45, 7) is 2.18. The number of benzene rings is 1. The van der Waals surface area contributed by atoms with Gasteiger partial charge in [-0.05, 0) is 24.1 Å². The molecule has 0 fully saturated rings. The van der Waals surface area contributed by atoms with Crippen LogP contribution in [0.5, 0.6) is 0 Å². The van der Waals surface area contributed by atoms with Gasteiger partial charge >= 0.3 is 5.97 Å². The van der Waals surface area contributed by atoms with Gasteiger partial charge in [-0.2, -0.15) is 0 Å².